The van der Waals surface area contributed by atoms with E-state index in [1.54, 1.807) is 7.11 Å². The van der Waals surface area contributed by atoms with Crippen molar-refractivity contribution in [2.24, 2.45) is 0 Å². The Bertz CT molecular complexity index is 349. The normalized spacial score (nSPS) is 13.3. The summed E-state index contributed by atoms with van der Waals surface area (Å²) in [6.45, 7) is 7.49. The summed E-state index contributed by atoms with van der Waals surface area (Å²) >= 11 is 0. The van der Waals surface area contributed by atoms with E-state index in [0.29, 0.717) is 5.92 Å². The van der Waals surface area contributed by atoms with E-state index in [9.17, 15) is 5.11 Å². The highest BCUT2D eigenvalue weighted by Crippen LogP contribution is 2.21. The van der Waals surface area contributed by atoms with Crippen LogP contribution >= 0.6 is 0 Å². The van der Waals surface area contributed by atoms with Gasteiger partial charge >= 0.3 is 0 Å². The average Bonchev–Trinajstić information content (AvgIpc) is 2.49. The lowest BCUT2D eigenvalue weighted by molar-refractivity contribution is 0.149. The SMILES string of the molecule is CCC(CC)(CO)NCC(C)c1ccc(OC)cc1. The summed E-state index contributed by atoms with van der Waals surface area (Å²) in [7, 11) is 1.68. The molecule has 3 heteroatoms. The molecule has 0 radical (unpaired) electrons. The van der Waals surface area contributed by atoms with E-state index in [1.165, 1.54) is 5.56 Å². The number of aliphatic hydroxyl groups excluding tert-OH is 1. The molecular weight excluding hydrogens is 238 g/mol. The van der Waals surface area contributed by atoms with Crippen molar-refractivity contribution in [2.45, 2.75) is 45.1 Å². The predicted molar refractivity (Wildman–Crippen MR) is 79.8 cm³/mol. The van der Waals surface area contributed by atoms with Crippen LogP contribution in [0.3, 0.4) is 0 Å². The van der Waals surface area contributed by atoms with E-state index in [0.717, 1.165) is 25.1 Å². The van der Waals surface area contributed by atoms with Gasteiger partial charge in [-0.25, -0.2) is 0 Å². The van der Waals surface area contributed by atoms with Crippen molar-refractivity contribution >= 4 is 0 Å². The summed E-state index contributed by atoms with van der Waals surface area (Å²) in [6.07, 6.45) is 1.88. The summed E-state index contributed by atoms with van der Waals surface area (Å²) in [5, 5.41) is 13.1. The molecule has 0 amide bonds. The highest BCUT2D eigenvalue weighted by molar-refractivity contribution is 5.29. The minimum atomic E-state index is -0.138. The Hall–Kier alpha value is -1.06. The van der Waals surface area contributed by atoms with Gasteiger partial charge in [-0.15, -0.1) is 0 Å². The third-order valence-electron chi connectivity index (χ3n) is 4.12. The molecule has 0 fully saturated rings. The molecule has 0 aromatic heterocycles. The van der Waals surface area contributed by atoms with Crippen molar-refractivity contribution in [2.75, 3.05) is 20.3 Å². The van der Waals surface area contributed by atoms with Gasteiger partial charge in [0.05, 0.1) is 13.7 Å². The fourth-order valence-electron chi connectivity index (χ4n) is 2.20. The molecule has 0 aliphatic heterocycles. The van der Waals surface area contributed by atoms with Gasteiger partial charge in [0.1, 0.15) is 5.75 Å². The number of rotatable bonds is 8. The summed E-state index contributed by atoms with van der Waals surface area (Å²) in [5.41, 5.74) is 1.15. The monoisotopic (exact) mass is 265 g/mol. The lowest BCUT2D eigenvalue weighted by Gasteiger charge is -2.32. The smallest absolute Gasteiger partial charge is 0.118 e. The maximum absolute atomic E-state index is 9.55. The van der Waals surface area contributed by atoms with E-state index in [-0.39, 0.29) is 12.1 Å². The molecule has 0 aliphatic carbocycles. The first-order chi connectivity index (χ1) is 9.10. The zero-order valence-electron chi connectivity index (χ0n) is 12.6. The lowest BCUT2D eigenvalue weighted by atomic mass is 9.92. The number of benzene rings is 1. The molecule has 19 heavy (non-hydrogen) atoms. The lowest BCUT2D eigenvalue weighted by Crippen LogP contribution is -2.48. The van der Waals surface area contributed by atoms with Crippen LogP contribution in [-0.2, 0) is 0 Å². The van der Waals surface area contributed by atoms with Crippen LogP contribution in [0.25, 0.3) is 0 Å². The number of aliphatic hydroxyl groups is 1. The second-order valence-electron chi connectivity index (χ2n) is 5.20. The topological polar surface area (TPSA) is 41.5 Å². The molecule has 0 bridgehead atoms. The second kappa shape index (κ2) is 7.51. The number of methoxy groups -OCH3 is 1. The van der Waals surface area contributed by atoms with Crippen molar-refractivity contribution in [3.8, 4) is 5.75 Å². The van der Waals surface area contributed by atoms with Crippen LogP contribution in [0.5, 0.6) is 5.75 Å². The van der Waals surface area contributed by atoms with Gasteiger partial charge in [0.2, 0.25) is 0 Å². The Labute approximate surface area is 117 Å². The van der Waals surface area contributed by atoms with Gasteiger partial charge < -0.3 is 15.2 Å². The minimum absolute atomic E-state index is 0.138. The van der Waals surface area contributed by atoms with Gasteiger partial charge in [-0.1, -0.05) is 32.9 Å². The summed E-state index contributed by atoms with van der Waals surface area (Å²) in [4.78, 5) is 0. The maximum Gasteiger partial charge on any atom is 0.118 e. The Morgan fingerprint density at radius 3 is 2.21 bits per heavy atom. The van der Waals surface area contributed by atoms with Gasteiger partial charge in [0, 0.05) is 12.1 Å². The standard InChI is InChI=1S/C16H27NO2/c1-5-16(6-2,12-18)17-11-13(3)14-7-9-15(19-4)10-8-14/h7-10,13,17-18H,5-6,11-12H2,1-4H3. The molecular formula is C16H27NO2. The van der Waals surface area contributed by atoms with E-state index in [4.69, 9.17) is 4.74 Å². The van der Waals surface area contributed by atoms with Gasteiger partial charge in [-0.3, -0.25) is 0 Å². The Morgan fingerprint density at radius 1 is 1.21 bits per heavy atom. The molecule has 108 valence electrons. The molecule has 2 N–H and O–H groups in total. The largest absolute Gasteiger partial charge is 0.497 e. The van der Waals surface area contributed by atoms with E-state index < -0.39 is 0 Å². The molecule has 0 heterocycles. The van der Waals surface area contributed by atoms with Crippen LogP contribution in [0, 0.1) is 0 Å². The third kappa shape index (κ3) is 4.22. The predicted octanol–water partition coefficient (Wildman–Crippen LogP) is 2.94. The van der Waals surface area contributed by atoms with Crippen LogP contribution in [0.2, 0.25) is 0 Å². The summed E-state index contributed by atoms with van der Waals surface area (Å²) in [6, 6.07) is 8.18. The first-order valence-electron chi connectivity index (χ1n) is 7.10. The molecule has 0 spiro atoms. The first-order valence-corrected chi connectivity index (χ1v) is 7.10. The van der Waals surface area contributed by atoms with E-state index >= 15 is 0 Å². The highest BCUT2D eigenvalue weighted by atomic mass is 16.5. The molecule has 1 aromatic carbocycles. The van der Waals surface area contributed by atoms with Crippen molar-refractivity contribution in [1.29, 1.82) is 0 Å². The fourth-order valence-corrected chi connectivity index (χ4v) is 2.20. The molecule has 1 unspecified atom stereocenters. The second-order valence-corrected chi connectivity index (χ2v) is 5.20. The molecule has 0 saturated heterocycles. The third-order valence-corrected chi connectivity index (χ3v) is 4.12. The van der Waals surface area contributed by atoms with Gasteiger partial charge in [-0.05, 0) is 36.5 Å². The van der Waals surface area contributed by atoms with Crippen molar-refractivity contribution in [3.05, 3.63) is 29.8 Å². The quantitative estimate of drug-likeness (QED) is 0.759. The van der Waals surface area contributed by atoms with Crippen LogP contribution in [0.4, 0.5) is 0 Å². The van der Waals surface area contributed by atoms with Crippen LogP contribution in [0.1, 0.15) is 45.1 Å². The molecule has 0 aliphatic rings. The zero-order chi connectivity index (χ0) is 14.3. The van der Waals surface area contributed by atoms with Crippen LogP contribution < -0.4 is 10.1 Å². The number of ether oxygens (including phenoxy) is 1. The number of hydrogen-bond acceptors (Lipinski definition) is 3. The van der Waals surface area contributed by atoms with Gasteiger partial charge in [0.15, 0.2) is 0 Å². The van der Waals surface area contributed by atoms with Gasteiger partial charge in [0.25, 0.3) is 0 Å². The molecule has 0 saturated carbocycles. The number of nitrogens with one attached hydrogen (secondary N) is 1. The summed E-state index contributed by atoms with van der Waals surface area (Å²) < 4.78 is 5.17. The first kappa shape index (κ1) is 16.0. The molecule has 1 atom stereocenters. The summed E-state index contributed by atoms with van der Waals surface area (Å²) in [5.74, 6) is 1.30. The molecule has 3 nitrogen and oxygen atoms in total. The van der Waals surface area contributed by atoms with Crippen molar-refractivity contribution in [1.82, 2.24) is 5.32 Å². The van der Waals surface area contributed by atoms with E-state index in [2.05, 4.69) is 38.2 Å². The molecule has 1 aromatic rings. The van der Waals surface area contributed by atoms with E-state index in [1.807, 2.05) is 12.1 Å². The number of hydrogen-bond donors (Lipinski definition) is 2. The Kier molecular flexibility index (Phi) is 6.32. The Balaban J connectivity index is 2.60. The van der Waals surface area contributed by atoms with Crippen LogP contribution in [-0.4, -0.2) is 30.9 Å². The fraction of sp³-hybridized carbons (Fsp3) is 0.625. The van der Waals surface area contributed by atoms with Crippen molar-refractivity contribution in [3.63, 3.8) is 0 Å². The average molecular weight is 265 g/mol. The maximum atomic E-state index is 9.55. The minimum Gasteiger partial charge on any atom is -0.497 e. The Morgan fingerprint density at radius 2 is 1.79 bits per heavy atom. The van der Waals surface area contributed by atoms with Crippen molar-refractivity contribution < 1.29 is 9.84 Å². The van der Waals surface area contributed by atoms with Crippen LogP contribution in [0.15, 0.2) is 24.3 Å². The van der Waals surface area contributed by atoms with Gasteiger partial charge in [-0.2, -0.15) is 0 Å². The molecule has 1 rings (SSSR count). The zero-order valence-corrected chi connectivity index (χ0v) is 12.6. The highest BCUT2D eigenvalue weighted by Gasteiger charge is 2.24.